The van der Waals surface area contributed by atoms with Crippen molar-refractivity contribution in [2.24, 2.45) is 0 Å². The average molecular weight is 257 g/mol. The summed E-state index contributed by atoms with van der Waals surface area (Å²) in [7, 11) is 0. The van der Waals surface area contributed by atoms with E-state index in [0.29, 0.717) is 18.5 Å². The smallest absolute Gasteiger partial charge is 0.221 e. The SMILES string of the molecule is CCNC(C)CC(=O)NCCN(C(C)C)C(C)C. The zero-order valence-corrected chi connectivity index (χ0v) is 12.9. The monoisotopic (exact) mass is 257 g/mol. The molecule has 0 aromatic rings. The molecule has 1 unspecified atom stereocenters. The lowest BCUT2D eigenvalue weighted by Crippen LogP contribution is -2.43. The Balaban J connectivity index is 3.85. The maximum atomic E-state index is 11.7. The van der Waals surface area contributed by atoms with E-state index in [-0.39, 0.29) is 11.9 Å². The lowest BCUT2D eigenvalue weighted by molar-refractivity contribution is -0.121. The van der Waals surface area contributed by atoms with Crippen LogP contribution < -0.4 is 10.6 Å². The summed E-state index contributed by atoms with van der Waals surface area (Å²) in [4.78, 5) is 14.1. The van der Waals surface area contributed by atoms with E-state index in [0.717, 1.165) is 19.6 Å². The normalized spacial score (nSPS) is 13.4. The van der Waals surface area contributed by atoms with Crippen LogP contribution in [0.25, 0.3) is 0 Å². The van der Waals surface area contributed by atoms with Gasteiger partial charge in [0, 0.05) is 37.6 Å². The Bertz CT molecular complexity index is 221. The number of amides is 1. The molecule has 4 nitrogen and oxygen atoms in total. The van der Waals surface area contributed by atoms with Crippen LogP contribution in [-0.4, -0.2) is 48.6 Å². The van der Waals surface area contributed by atoms with Crippen molar-refractivity contribution in [3.8, 4) is 0 Å². The predicted octanol–water partition coefficient (Wildman–Crippen LogP) is 1.61. The summed E-state index contributed by atoms with van der Waals surface area (Å²) >= 11 is 0. The quantitative estimate of drug-likeness (QED) is 0.659. The molecule has 4 heteroatoms. The lowest BCUT2D eigenvalue weighted by Gasteiger charge is -2.30. The van der Waals surface area contributed by atoms with Gasteiger partial charge in [-0.15, -0.1) is 0 Å². The van der Waals surface area contributed by atoms with Crippen molar-refractivity contribution in [2.45, 2.75) is 66.1 Å². The fraction of sp³-hybridized carbons (Fsp3) is 0.929. The molecule has 1 amide bonds. The van der Waals surface area contributed by atoms with E-state index < -0.39 is 0 Å². The third-order valence-electron chi connectivity index (χ3n) is 3.06. The minimum Gasteiger partial charge on any atom is -0.355 e. The Kier molecular flexibility index (Phi) is 9.02. The third-order valence-corrected chi connectivity index (χ3v) is 3.06. The van der Waals surface area contributed by atoms with E-state index in [1.165, 1.54) is 0 Å². The van der Waals surface area contributed by atoms with E-state index in [9.17, 15) is 4.79 Å². The molecule has 0 aliphatic heterocycles. The third kappa shape index (κ3) is 7.67. The molecular weight excluding hydrogens is 226 g/mol. The molecule has 0 saturated heterocycles. The number of carbonyl (C=O) groups excluding carboxylic acids is 1. The molecule has 0 heterocycles. The minimum absolute atomic E-state index is 0.135. The Hall–Kier alpha value is -0.610. The van der Waals surface area contributed by atoms with Crippen LogP contribution in [0.4, 0.5) is 0 Å². The number of hydrogen-bond acceptors (Lipinski definition) is 3. The van der Waals surface area contributed by atoms with Crippen molar-refractivity contribution < 1.29 is 4.79 Å². The number of hydrogen-bond donors (Lipinski definition) is 2. The topological polar surface area (TPSA) is 44.4 Å². The van der Waals surface area contributed by atoms with Gasteiger partial charge in [0.2, 0.25) is 5.91 Å². The molecule has 0 aromatic carbocycles. The molecule has 0 spiro atoms. The number of carbonyl (C=O) groups is 1. The fourth-order valence-electron chi connectivity index (χ4n) is 2.21. The number of rotatable bonds is 9. The van der Waals surface area contributed by atoms with Gasteiger partial charge < -0.3 is 10.6 Å². The second-order valence-corrected chi connectivity index (χ2v) is 5.44. The lowest BCUT2D eigenvalue weighted by atomic mass is 10.2. The standard InChI is InChI=1S/C14H31N3O/c1-7-15-13(6)10-14(18)16-8-9-17(11(2)3)12(4)5/h11-13,15H,7-10H2,1-6H3,(H,16,18). The summed E-state index contributed by atoms with van der Waals surface area (Å²) in [5, 5.41) is 6.23. The van der Waals surface area contributed by atoms with Gasteiger partial charge in [0.1, 0.15) is 0 Å². The van der Waals surface area contributed by atoms with Crippen LogP contribution in [0, 0.1) is 0 Å². The molecule has 0 fully saturated rings. The van der Waals surface area contributed by atoms with E-state index in [1.54, 1.807) is 0 Å². The largest absolute Gasteiger partial charge is 0.355 e. The van der Waals surface area contributed by atoms with Gasteiger partial charge >= 0.3 is 0 Å². The van der Waals surface area contributed by atoms with E-state index in [2.05, 4.69) is 50.2 Å². The summed E-state index contributed by atoms with van der Waals surface area (Å²) in [6.07, 6.45) is 0.553. The van der Waals surface area contributed by atoms with Crippen molar-refractivity contribution in [2.75, 3.05) is 19.6 Å². The second-order valence-electron chi connectivity index (χ2n) is 5.44. The van der Waals surface area contributed by atoms with Crippen LogP contribution in [0.5, 0.6) is 0 Å². The van der Waals surface area contributed by atoms with Gasteiger partial charge in [-0.25, -0.2) is 0 Å². The van der Waals surface area contributed by atoms with Crippen LogP contribution in [0.1, 0.15) is 48.0 Å². The first-order valence-corrected chi connectivity index (χ1v) is 7.14. The van der Waals surface area contributed by atoms with Crippen molar-refractivity contribution in [3.63, 3.8) is 0 Å². The molecular formula is C14H31N3O. The fourth-order valence-corrected chi connectivity index (χ4v) is 2.21. The van der Waals surface area contributed by atoms with Crippen LogP contribution in [0.3, 0.4) is 0 Å². The minimum atomic E-state index is 0.135. The van der Waals surface area contributed by atoms with Gasteiger partial charge in [-0.05, 0) is 41.2 Å². The first kappa shape index (κ1) is 17.4. The molecule has 0 aliphatic carbocycles. The van der Waals surface area contributed by atoms with Crippen LogP contribution in [0.15, 0.2) is 0 Å². The summed E-state index contributed by atoms with van der Waals surface area (Å²) in [6.45, 7) is 15.4. The van der Waals surface area contributed by atoms with Gasteiger partial charge in [0.25, 0.3) is 0 Å². The van der Waals surface area contributed by atoms with Gasteiger partial charge in [0.05, 0.1) is 0 Å². The molecule has 0 radical (unpaired) electrons. The Morgan fingerprint density at radius 2 is 1.67 bits per heavy atom. The maximum absolute atomic E-state index is 11.7. The zero-order valence-electron chi connectivity index (χ0n) is 12.9. The van der Waals surface area contributed by atoms with Crippen molar-refractivity contribution in [1.29, 1.82) is 0 Å². The van der Waals surface area contributed by atoms with Gasteiger partial charge in [-0.2, -0.15) is 0 Å². The van der Waals surface area contributed by atoms with Crippen molar-refractivity contribution in [3.05, 3.63) is 0 Å². The van der Waals surface area contributed by atoms with E-state index in [1.807, 2.05) is 6.92 Å². The van der Waals surface area contributed by atoms with Gasteiger partial charge in [0.15, 0.2) is 0 Å². The number of nitrogens with zero attached hydrogens (tertiary/aromatic N) is 1. The molecule has 0 rings (SSSR count). The van der Waals surface area contributed by atoms with Crippen molar-refractivity contribution >= 4 is 5.91 Å². The van der Waals surface area contributed by atoms with Crippen LogP contribution in [0.2, 0.25) is 0 Å². The highest BCUT2D eigenvalue weighted by atomic mass is 16.1. The second kappa shape index (κ2) is 9.34. The molecule has 0 aromatic heterocycles. The molecule has 0 bridgehead atoms. The first-order valence-electron chi connectivity index (χ1n) is 7.14. The first-order chi connectivity index (χ1) is 8.38. The number of nitrogens with one attached hydrogen (secondary N) is 2. The Morgan fingerprint density at radius 1 is 1.11 bits per heavy atom. The molecule has 0 aliphatic rings. The van der Waals surface area contributed by atoms with Crippen LogP contribution >= 0.6 is 0 Å². The molecule has 1 atom stereocenters. The highest BCUT2D eigenvalue weighted by Gasteiger charge is 2.13. The average Bonchev–Trinajstić information content (AvgIpc) is 2.23. The summed E-state index contributed by atoms with van der Waals surface area (Å²) in [6, 6.07) is 1.28. The van der Waals surface area contributed by atoms with E-state index >= 15 is 0 Å². The molecule has 2 N–H and O–H groups in total. The molecule has 108 valence electrons. The Labute approximate surface area is 113 Å². The summed E-state index contributed by atoms with van der Waals surface area (Å²) in [5.41, 5.74) is 0. The highest BCUT2D eigenvalue weighted by molar-refractivity contribution is 5.76. The van der Waals surface area contributed by atoms with Crippen LogP contribution in [-0.2, 0) is 4.79 Å². The summed E-state index contributed by atoms with van der Waals surface area (Å²) < 4.78 is 0. The Morgan fingerprint density at radius 3 is 2.11 bits per heavy atom. The van der Waals surface area contributed by atoms with Gasteiger partial charge in [-0.3, -0.25) is 9.69 Å². The maximum Gasteiger partial charge on any atom is 0.221 e. The molecule has 0 saturated carbocycles. The predicted molar refractivity (Wildman–Crippen MR) is 77.7 cm³/mol. The van der Waals surface area contributed by atoms with Crippen molar-refractivity contribution in [1.82, 2.24) is 15.5 Å². The highest BCUT2D eigenvalue weighted by Crippen LogP contribution is 2.03. The zero-order chi connectivity index (χ0) is 14.1. The van der Waals surface area contributed by atoms with E-state index in [4.69, 9.17) is 0 Å². The van der Waals surface area contributed by atoms with Gasteiger partial charge in [-0.1, -0.05) is 6.92 Å². The summed E-state index contributed by atoms with van der Waals surface area (Å²) in [5.74, 6) is 0.135. The molecule has 18 heavy (non-hydrogen) atoms.